The smallest absolute Gasteiger partial charge is 0.434 e. The van der Waals surface area contributed by atoms with Gasteiger partial charge in [-0.3, -0.25) is 9.88 Å². The Morgan fingerprint density at radius 2 is 1.78 bits per heavy atom. The summed E-state index contributed by atoms with van der Waals surface area (Å²) < 4.78 is 59.1. The molecule has 1 amide bonds. The van der Waals surface area contributed by atoms with Crippen LogP contribution in [0.3, 0.4) is 0 Å². The van der Waals surface area contributed by atoms with Crippen LogP contribution in [0.15, 0.2) is 30.5 Å². The minimum Gasteiger partial charge on any atom is -0.444 e. The molecule has 0 saturated carbocycles. The third-order valence-electron chi connectivity index (χ3n) is 4.04. The van der Waals surface area contributed by atoms with Crippen LogP contribution in [0.1, 0.15) is 37.6 Å². The fourth-order valence-electron chi connectivity index (χ4n) is 2.93. The largest absolute Gasteiger partial charge is 0.444 e. The zero-order chi connectivity index (χ0) is 20.0. The van der Waals surface area contributed by atoms with Crippen molar-refractivity contribution in [2.45, 2.75) is 45.6 Å². The molecule has 0 bridgehead atoms. The molecule has 0 spiro atoms. The van der Waals surface area contributed by atoms with Gasteiger partial charge in [-0.05, 0) is 49.6 Å². The first kappa shape index (κ1) is 19.1. The van der Waals surface area contributed by atoms with E-state index in [-0.39, 0.29) is 18.7 Å². The molecule has 4 nitrogen and oxygen atoms in total. The van der Waals surface area contributed by atoms with Crippen LogP contribution in [0.4, 0.5) is 22.4 Å². The highest BCUT2D eigenvalue weighted by Gasteiger charge is 2.37. The molecular formula is C19H18F4N2O2. The fraction of sp³-hybridized carbons (Fsp3) is 0.368. The fourth-order valence-corrected chi connectivity index (χ4v) is 2.93. The van der Waals surface area contributed by atoms with Gasteiger partial charge in [0.25, 0.3) is 0 Å². The lowest BCUT2D eigenvalue weighted by Gasteiger charge is -2.24. The Labute approximate surface area is 153 Å². The summed E-state index contributed by atoms with van der Waals surface area (Å²) in [5.41, 5.74) is -1.03. The number of aromatic nitrogens is 1. The highest BCUT2D eigenvalue weighted by molar-refractivity contribution is 5.72. The van der Waals surface area contributed by atoms with Crippen LogP contribution in [-0.4, -0.2) is 21.6 Å². The van der Waals surface area contributed by atoms with Crippen molar-refractivity contribution in [1.29, 1.82) is 0 Å². The van der Waals surface area contributed by atoms with E-state index >= 15 is 0 Å². The zero-order valence-corrected chi connectivity index (χ0v) is 15.0. The van der Waals surface area contributed by atoms with E-state index in [2.05, 4.69) is 4.98 Å². The molecule has 0 N–H and O–H groups in total. The van der Waals surface area contributed by atoms with Gasteiger partial charge in [-0.25, -0.2) is 9.18 Å². The standard InChI is InChI=1S/C19H18F4N2O2/c1-18(2,3)27-17(26)25-9-12-5-4-11(8-13(12)10-25)15-14(20)6-7-24-16(15)19(21,22)23/h4-8H,9-10H2,1-3H3. The number of carbonyl (C=O) groups excluding carboxylic acids is 1. The van der Waals surface area contributed by atoms with Crippen LogP contribution >= 0.6 is 0 Å². The second-order valence-corrected chi connectivity index (χ2v) is 7.33. The second-order valence-electron chi connectivity index (χ2n) is 7.33. The van der Waals surface area contributed by atoms with E-state index in [1.54, 1.807) is 26.8 Å². The maximum Gasteiger partial charge on any atom is 0.434 e. The molecule has 1 aromatic carbocycles. The van der Waals surface area contributed by atoms with Crippen molar-refractivity contribution < 1.29 is 27.1 Å². The molecule has 0 fully saturated rings. The van der Waals surface area contributed by atoms with Crippen LogP contribution in [0.25, 0.3) is 11.1 Å². The molecule has 2 heterocycles. The van der Waals surface area contributed by atoms with Crippen LogP contribution in [-0.2, 0) is 24.0 Å². The van der Waals surface area contributed by atoms with E-state index in [4.69, 9.17) is 4.74 Å². The predicted octanol–water partition coefficient (Wildman–Crippen LogP) is 5.16. The van der Waals surface area contributed by atoms with Gasteiger partial charge >= 0.3 is 12.3 Å². The first-order valence-corrected chi connectivity index (χ1v) is 8.27. The lowest BCUT2D eigenvalue weighted by molar-refractivity contribution is -0.140. The van der Waals surface area contributed by atoms with Gasteiger partial charge < -0.3 is 4.74 Å². The van der Waals surface area contributed by atoms with Gasteiger partial charge in [-0.15, -0.1) is 0 Å². The third-order valence-corrected chi connectivity index (χ3v) is 4.04. The average Bonchev–Trinajstić information content (AvgIpc) is 2.95. The second kappa shape index (κ2) is 6.51. The molecule has 144 valence electrons. The summed E-state index contributed by atoms with van der Waals surface area (Å²) in [6.07, 6.45) is -4.50. The number of nitrogens with zero attached hydrogens (tertiary/aromatic N) is 2. The molecule has 0 atom stereocenters. The van der Waals surface area contributed by atoms with E-state index < -0.39 is 34.9 Å². The van der Waals surface area contributed by atoms with Crippen LogP contribution in [0, 0.1) is 5.82 Å². The van der Waals surface area contributed by atoms with Gasteiger partial charge in [-0.2, -0.15) is 13.2 Å². The Morgan fingerprint density at radius 1 is 1.11 bits per heavy atom. The third kappa shape index (κ3) is 4.04. The first-order valence-electron chi connectivity index (χ1n) is 8.27. The number of fused-ring (bicyclic) bond motifs is 1. The summed E-state index contributed by atoms with van der Waals surface area (Å²) in [6, 6.07) is 5.37. The Hall–Kier alpha value is -2.64. The van der Waals surface area contributed by atoms with Crippen LogP contribution in [0.2, 0.25) is 0 Å². The Morgan fingerprint density at radius 3 is 2.41 bits per heavy atom. The van der Waals surface area contributed by atoms with Gasteiger partial charge in [0.15, 0.2) is 5.69 Å². The number of halogens is 4. The SMILES string of the molecule is CC(C)(C)OC(=O)N1Cc2ccc(-c3c(F)ccnc3C(F)(F)F)cc2C1. The Kier molecular flexibility index (Phi) is 4.61. The number of hydrogen-bond acceptors (Lipinski definition) is 3. The number of pyridine rings is 1. The van der Waals surface area contributed by atoms with E-state index in [9.17, 15) is 22.4 Å². The van der Waals surface area contributed by atoms with Crippen molar-refractivity contribution >= 4 is 6.09 Å². The summed E-state index contributed by atoms with van der Waals surface area (Å²) in [4.78, 5) is 17.0. The lowest BCUT2D eigenvalue weighted by Crippen LogP contribution is -2.33. The van der Waals surface area contributed by atoms with Crippen LogP contribution < -0.4 is 0 Å². The Balaban J connectivity index is 1.93. The van der Waals surface area contributed by atoms with Crippen molar-refractivity contribution in [2.75, 3.05) is 0 Å². The minimum atomic E-state index is -4.78. The van der Waals surface area contributed by atoms with Crippen molar-refractivity contribution in [3.05, 3.63) is 53.1 Å². The number of rotatable bonds is 1. The maximum absolute atomic E-state index is 14.2. The van der Waals surface area contributed by atoms with Gasteiger partial charge in [0.1, 0.15) is 11.4 Å². The van der Waals surface area contributed by atoms with E-state index in [0.29, 0.717) is 5.56 Å². The summed E-state index contributed by atoms with van der Waals surface area (Å²) in [7, 11) is 0. The molecule has 0 radical (unpaired) electrons. The van der Waals surface area contributed by atoms with Crippen molar-refractivity contribution in [1.82, 2.24) is 9.88 Å². The molecule has 1 aromatic heterocycles. The molecule has 0 unspecified atom stereocenters. The monoisotopic (exact) mass is 382 g/mol. The molecular weight excluding hydrogens is 364 g/mol. The topological polar surface area (TPSA) is 42.4 Å². The average molecular weight is 382 g/mol. The Bertz CT molecular complexity index is 888. The molecule has 8 heteroatoms. The number of carbonyl (C=O) groups is 1. The molecule has 2 aromatic rings. The number of hydrogen-bond donors (Lipinski definition) is 0. The van der Waals surface area contributed by atoms with E-state index in [0.717, 1.165) is 17.8 Å². The maximum atomic E-state index is 14.2. The molecule has 1 aliphatic rings. The molecule has 0 saturated heterocycles. The quantitative estimate of drug-likeness (QED) is 0.640. The van der Waals surface area contributed by atoms with Crippen molar-refractivity contribution in [2.24, 2.45) is 0 Å². The minimum absolute atomic E-state index is 0.0673. The zero-order valence-electron chi connectivity index (χ0n) is 15.0. The highest BCUT2D eigenvalue weighted by Crippen LogP contribution is 2.38. The molecule has 1 aliphatic heterocycles. The van der Waals surface area contributed by atoms with E-state index in [1.807, 2.05) is 0 Å². The van der Waals surface area contributed by atoms with Crippen LogP contribution in [0.5, 0.6) is 0 Å². The first-order chi connectivity index (χ1) is 12.5. The number of amides is 1. The van der Waals surface area contributed by atoms with Gasteiger partial charge in [-0.1, -0.05) is 12.1 Å². The summed E-state index contributed by atoms with van der Waals surface area (Å²) in [6.45, 7) is 5.70. The normalized spacial score (nSPS) is 14.3. The van der Waals surface area contributed by atoms with Gasteiger partial charge in [0.2, 0.25) is 0 Å². The van der Waals surface area contributed by atoms with Crippen molar-refractivity contribution in [3.63, 3.8) is 0 Å². The molecule has 27 heavy (non-hydrogen) atoms. The number of ether oxygens (including phenoxy) is 1. The predicted molar refractivity (Wildman–Crippen MR) is 90.1 cm³/mol. The summed E-state index contributed by atoms with van der Waals surface area (Å²) in [5, 5.41) is 0. The summed E-state index contributed by atoms with van der Waals surface area (Å²) >= 11 is 0. The lowest BCUT2D eigenvalue weighted by atomic mass is 9.98. The van der Waals surface area contributed by atoms with Gasteiger partial charge in [0, 0.05) is 24.8 Å². The molecule has 3 rings (SSSR count). The van der Waals surface area contributed by atoms with Gasteiger partial charge in [0.05, 0.1) is 0 Å². The van der Waals surface area contributed by atoms with E-state index in [1.165, 1.54) is 17.0 Å². The summed E-state index contributed by atoms with van der Waals surface area (Å²) in [5.74, 6) is -1.00. The number of benzene rings is 1. The van der Waals surface area contributed by atoms with Crippen molar-refractivity contribution in [3.8, 4) is 11.1 Å². The highest BCUT2D eigenvalue weighted by atomic mass is 19.4. The number of alkyl halides is 3. The molecule has 0 aliphatic carbocycles.